The molecule has 124 valence electrons. The van der Waals surface area contributed by atoms with Crippen LogP contribution in [0, 0.1) is 5.92 Å². The molecule has 0 radical (unpaired) electrons. The number of carbonyl (C=O) groups excluding carboxylic acids is 1. The lowest BCUT2D eigenvalue weighted by atomic mass is 10.1. The fraction of sp³-hybridized carbons (Fsp3) is 0.375. The van der Waals surface area contributed by atoms with Gasteiger partial charge in [0, 0.05) is 18.2 Å². The largest absolute Gasteiger partial charge is 0.334 e. The Morgan fingerprint density at radius 2 is 2.13 bits per heavy atom. The van der Waals surface area contributed by atoms with E-state index in [1.807, 2.05) is 35.2 Å². The van der Waals surface area contributed by atoms with Gasteiger partial charge >= 0.3 is 0 Å². The molecule has 2 atom stereocenters. The van der Waals surface area contributed by atoms with Crippen molar-refractivity contribution in [3.63, 3.8) is 0 Å². The predicted molar refractivity (Wildman–Crippen MR) is 96.6 cm³/mol. The molecule has 0 aliphatic carbocycles. The van der Waals surface area contributed by atoms with Gasteiger partial charge in [-0.15, -0.1) is 12.4 Å². The van der Waals surface area contributed by atoms with Gasteiger partial charge < -0.3 is 10.6 Å². The zero-order valence-electron chi connectivity index (χ0n) is 12.8. The lowest BCUT2D eigenvalue weighted by Crippen LogP contribution is -2.34. The van der Waals surface area contributed by atoms with Crippen LogP contribution in [0.15, 0.2) is 34.8 Å². The van der Waals surface area contributed by atoms with E-state index in [0.717, 1.165) is 17.7 Å². The lowest BCUT2D eigenvalue weighted by Gasteiger charge is -2.20. The molecule has 1 saturated heterocycles. The van der Waals surface area contributed by atoms with Gasteiger partial charge in [0.2, 0.25) is 0 Å². The molecule has 1 aliphatic rings. The van der Waals surface area contributed by atoms with E-state index in [2.05, 4.69) is 33.1 Å². The highest BCUT2D eigenvalue weighted by Crippen LogP contribution is 2.31. The van der Waals surface area contributed by atoms with Crippen LogP contribution < -0.4 is 5.73 Å². The highest BCUT2D eigenvalue weighted by atomic mass is 79.9. The van der Waals surface area contributed by atoms with E-state index in [1.165, 1.54) is 0 Å². The molecule has 0 bridgehead atoms. The minimum Gasteiger partial charge on any atom is -0.334 e. The second kappa shape index (κ2) is 7.47. The Balaban J connectivity index is 0.00000192. The molecule has 2 heterocycles. The minimum absolute atomic E-state index is 0. The SMILES string of the molecule is CC1CC(CN)CN1C(=O)c1[nH]nc(-c2ccccc2)c1Br.Cl. The molecule has 2 unspecified atom stereocenters. The summed E-state index contributed by atoms with van der Waals surface area (Å²) in [5.74, 6) is 0.360. The molecule has 0 spiro atoms. The quantitative estimate of drug-likeness (QED) is 0.833. The van der Waals surface area contributed by atoms with Crippen LogP contribution in [0.1, 0.15) is 23.8 Å². The van der Waals surface area contributed by atoms with Gasteiger partial charge in [-0.25, -0.2) is 0 Å². The number of hydrogen-bond donors (Lipinski definition) is 2. The van der Waals surface area contributed by atoms with Gasteiger partial charge in [0.1, 0.15) is 11.4 Å². The van der Waals surface area contributed by atoms with Gasteiger partial charge in [-0.2, -0.15) is 5.10 Å². The van der Waals surface area contributed by atoms with E-state index < -0.39 is 0 Å². The number of H-pyrrole nitrogens is 1. The number of likely N-dealkylation sites (tertiary alicyclic amines) is 1. The van der Waals surface area contributed by atoms with Gasteiger partial charge in [0.15, 0.2) is 0 Å². The maximum atomic E-state index is 12.8. The number of halogens is 2. The number of hydrogen-bond acceptors (Lipinski definition) is 3. The normalized spacial score (nSPS) is 20.4. The van der Waals surface area contributed by atoms with Crippen LogP contribution in [0.25, 0.3) is 11.3 Å². The molecule has 23 heavy (non-hydrogen) atoms. The van der Waals surface area contributed by atoms with Crippen molar-refractivity contribution in [2.75, 3.05) is 13.1 Å². The Morgan fingerprint density at radius 1 is 1.43 bits per heavy atom. The molecule has 1 aromatic carbocycles. The Kier molecular flexibility index (Phi) is 5.84. The van der Waals surface area contributed by atoms with Crippen molar-refractivity contribution in [3.8, 4) is 11.3 Å². The average molecular weight is 400 g/mol. The van der Waals surface area contributed by atoms with Gasteiger partial charge in [0.05, 0.1) is 4.47 Å². The van der Waals surface area contributed by atoms with E-state index in [-0.39, 0.29) is 24.4 Å². The first-order valence-electron chi connectivity index (χ1n) is 7.42. The Hall–Kier alpha value is -1.37. The molecule has 1 fully saturated rings. The monoisotopic (exact) mass is 398 g/mol. The third kappa shape index (κ3) is 3.44. The number of nitrogens with one attached hydrogen (secondary N) is 1. The van der Waals surface area contributed by atoms with E-state index in [0.29, 0.717) is 29.2 Å². The number of rotatable bonds is 3. The van der Waals surface area contributed by atoms with Crippen LogP contribution in [-0.2, 0) is 0 Å². The van der Waals surface area contributed by atoms with E-state index in [9.17, 15) is 4.79 Å². The van der Waals surface area contributed by atoms with Crippen LogP contribution in [0.2, 0.25) is 0 Å². The summed E-state index contributed by atoms with van der Waals surface area (Å²) in [5, 5.41) is 7.18. The third-order valence-electron chi connectivity index (χ3n) is 4.22. The van der Waals surface area contributed by atoms with E-state index >= 15 is 0 Å². The Morgan fingerprint density at radius 3 is 2.74 bits per heavy atom. The summed E-state index contributed by atoms with van der Waals surface area (Å²) in [6.07, 6.45) is 0.958. The highest BCUT2D eigenvalue weighted by molar-refractivity contribution is 9.10. The van der Waals surface area contributed by atoms with Crippen LogP contribution >= 0.6 is 28.3 Å². The van der Waals surface area contributed by atoms with Gasteiger partial charge in [-0.3, -0.25) is 9.89 Å². The van der Waals surface area contributed by atoms with Gasteiger partial charge in [0.25, 0.3) is 5.91 Å². The third-order valence-corrected chi connectivity index (χ3v) is 5.00. The van der Waals surface area contributed by atoms with Gasteiger partial charge in [-0.05, 0) is 41.7 Å². The second-order valence-electron chi connectivity index (χ2n) is 5.77. The Bertz CT molecular complexity index is 676. The zero-order chi connectivity index (χ0) is 15.7. The molecule has 7 heteroatoms. The standard InChI is InChI=1S/C16H19BrN4O.ClH/c1-10-7-11(8-18)9-21(10)16(22)15-13(17)14(19-20-15)12-5-3-2-4-6-12;/h2-6,10-11H,7-9,18H2,1H3,(H,19,20);1H. The maximum absolute atomic E-state index is 12.8. The summed E-state index contributed by atoms with van der Waals surface area (Å²) >= 11 is 3.52. The van der Waals surface area contributed by atoms with Crippen molar-refractivity contribution in [1.29, 1.82) is 0 Å². The summed E-state index contributed by atoms with van der Waals surface area (Å²) in [4.78, 5) is 14.6. The van der Waals surface area contributed by atoms with E-state index in [4.69, 9.17) is 5.73 Å². The number of nitrogens with zero attached hydrogens (tertiary/aromatic N) is 2. The maximum Gasteiger partial charge on any atom is 0.273 e. The number of carbonyl (C=O) groups is 1. The number of aromatic nitrogens is 2. The summed E-state index contributed by atoms with van der Waals surface area (Å²) in [6.45, 7) is 3.39. The first-order chi connectivity index (χ1) is 10.6. The molecule has 2 aromatic rings. The lowest BCUT2D eigenvalue weighted by molar-refractivity contribution is 0.0736. The summed E-state index contributed by atoms with van der Waals surface area (Å²) in [5.41, 5.74) is 7.97. The van der Waals surface area contributed by atoms with Crippen molar-refractivity contribution in [1.82, 2.24) is 15.1 Å². The Labute approximate surface area is 150 Å². The van der Waals surface area contributed by atoms with Crippen molar-refractivity contribution >= 4 is 34.2 Å². The molecule has 5 nitrogen and oxygen atoms in total. The van der Waals surface area contributed by atoms with Crippen molar-refractivity contribution < 1.29 is 4.79 Å². The minimum atomic E-state index is -0.0231. The zero-order valence-corrected chi connectivity index (χ0v) is 15.2. The van der Waals surface area contributed by atoms with Gasteiger partial charge in [-0.1, -0.05) is 30.3 Å². The predicted octanol–water partition coefficient (Wildman–Crippen LogP) is 3.07. The fourth-order valence-electron chi connectivity index (χ4n) is 3.00. The van der Waals surface area contributed by atoms with Crippen molar-refractivity contribution in [2.45, 2.75) is 19.4 Å². The highest BCUT2D eigenvalue weighted by Gasteiger charge is 2.34. The molecule has 1 aliphatic heterocycles. The molecular weight excluding hydrogens is 380 g/mol. The number of aromatic amines is 1. The van der Waals surface area contributed by atoms with E-state index in [1.54, 1.807) is 0 Å². The fourth-order valence-corrected chi connectivity index (χ4v) is 3.57. The molecular formula is C16H20BrClN4O. The second-order valence-corrected chi connectivity index (χ2v) is 6.56. The van der Waals surface area contributed by atoms with Crippen molar-refractivity contribution in [3.05, 3.63) is 40.5 Å². The topological polar surface area (TPSA) is 75.0 Å². The molecule has 1 aromatic heterocycles. The summed E-state index contributed by atoms with van der Waals surface area (Å²) < 4.78 is 0.715. The number of nitrogens with two attached hydrogens (primary N) is 1. The first-order valence-corrected chi connectivity index (χ1v) is 8.21. The number of benzene rings is 1. The summed E-state index contributed by atoms with van der Waals surface area (Å²) in [6, 6.07) is 10.0. The molecule has 0 saturated carbocycles. The number of amides is 1. The van der Waals surface area contributed by atoms with Crippen LogP contribution in [-0.4, -0.2) is 40.1 Å². The van der Waals surface area contributed by atoms with Crippen LogP contribution in [0.4, 0.5) is 0 Å². The summed E-state index contributed by atoms with van der Waals surface area (Å²) in [7, 11) is 0. The molecule has 3 N–H and O–H groups in total. The average Bonchev–Trinajstić information content (AvgIpc) is 3.10. The van der Waals surface area contributed by atoms with Crippen LogP contribution in [0.5, 0.6) is 0 Å². The van der Waals surface area contributed by atoms with Crippen molar-refractivity contribution in [2.24, 2.45) is 11.7 Å². The van der Waals surface area contributed by atoms with Crippen LogP contribution in [0.3, 0.4) is 0 Å². The molecule has 1 amide bonds. The molecule has 3 rings (SSSR count). The smallest absolute Gasteiger partial charge is 0.273 e. The first kappa shape index (κ1) is 18.0.